The number of hydrogen-bond acceptors (Lipinski definition) is 4. The third-order valence-electron chi connectivity index (χ3n) is 5.79. The van der Waals surface area contributed by atoms with Crippen molar-refractivity contribution in [3.8, 4) is 0 Å². The highest BCUT2D eigenvalue weighted by atomic mass is 16.1. The molecular formula is C34H38N2O2. The Balaban J connectivity index is 0.000000234. The Kier molecular flexibility index (Phi) is 14.2. The van der Waals surface area contributed by atoms with Gasteiger partial charge in [0.1, 0.15) is 5.78 Å². The third kappa shape index (κ3) is 11.6. The summed E-state index contributed by atoms with van der Waals surface area (Å²) >= 11 is 0. The van der Waals surface area contributed by atoms with Crippen LogP contribution < -0.4 is 5.73 Å². The van der Waals surface area contributed by atoms with Gasteiger partial charge in [-0.1, -0.05) is 110 Å². The summed E-state index contributed by atoms with van der Waals surface area (Å²) in [6.07, 6.45) is 5.38. The van der Waals surface area contributed by atoms with Crippen LogP contribution in [0.1, 0.15) is 54.5 Å². The lowest BCUT2D eigenvalue weighted by molar-refractivity contribution is -0.118. The highest BCUT2D eigenvalue weighted by Crippen LogP contribution is 2.17. The van der Waals surface area contributed by atoms with E-state index >= 15 is 0 Å². The molecule has 0 atom stereocenters. The molecule has 4 aromatic carbocycles. The molecule has 0 fully saturated rings. The van der Waals surface area contributed by atoms with E-state index in [1.165, 1.54) is 33.9 Å². The second-order valence-electron chi connectivity index (χ2n) is 8.82. The second-order valence-corrected chi connectivity index (χ2v) is 8.82. The van der Waals surface area contributed by atoms with E-state index in [9.17, 15) is 4.79 Å². The maximum atomic E-state index is 11.8. The predicted molar refractivity (Wildman–Crippen MR) is 158 cm³/mol. The summed E-state index contributed by atoms with van der Waals surface area (Å²) in [6, 6.07) is 37.0. The SMILES string of the molecule is CCCC(=O)Cc1ccccc1Cc1ccccc1.CCN=C=O.Nc1ccccc1Cc1ccccc1. The molecule has 4 nitrogen and oxygen atoms in total. The average molecular weight is 507 g/mol. The lowest BCUT2D eigenvalue weighted by Crippen LogP contribution is -2.05. The topological polar surface area (TPSA) is 72.5 Å². The van der Waals surface area contributed by atoms with Gasteiger partial charge in [0, 0.05) is 25.1 Å². The van der Waals surface area contributed by atoms with E-state index in [1.807, 2.05) is 49.4 Å². The summed E-state index contributed by atoms with van der Waals surface area (Å²) in [5, 5.41) is 0. The number of nitrogen functional groups attached to an aromatic ring is 1. The fourth-order valence-electron chi connectivity index (χ4n) is 3.87. The molecule has 0 spiro atoms. The first-order valence-corrected chi connectivity index (χ1v) is 13.1. The number of Topliss-reactive ketones (excluding diaryl/α,β-unsaturated/α-hetero) is 1. The van der Waals surface area contributed by atoms with Crippen LogP contribution in [0.15, 0.2) is 114 Å². The van der Waals surface area contributed by atoms with E-state index in [-0.39, 0.29) is 0 Å². The van der Waals surface area contributed by atoms with Crippen molar-refractivity contribution >= 4 is 17.6 Å². The summed E-state index contributed by atoms with van der Waals surface area (Å²) in [5.74, 6) is 0.336. The Morgan fingerprint density at radius 3 is 1.63 bits per heavy atom. The van der Waals surface area contributed by atoms with Gasteiger partial charge in [-0.2, -0.15) is 0 Å². The van der Waals surface area contributed by atoms with Crippen molar-refractivity contribution in [2.24, 2.45) is 4.99 Å². The summed E-state index contributed by atoms with van der Waals surface area (Å²) in [4.78, 5) is 24.1. The largest absolute Gasteiger partial charge is 0.398 e. The highest BCUT2D eigenvalue weighted by molar-refractivity contribution is 5.81. The van der Waals surface area contributed by atoms with Crippen LogP contribution >= 0.6 is 0 Å². The van der Waals surface area contributed by atoms with E-state index < -0.39 is 0 Å². The number of isocyanates is 1. The Bertz CT molecular complexity index is 1260. The van der Waals surface area contributed by atoms with Crippen molar-refractivity contribution < 1.29 is 9.59 Å². The van der Waals surface area contributed by atoms with Gasteiger partial charge in [0.25, 0.3) is 0 Å². The van der Waals surface area contributed by atoms with Crippen molar-refractivity contribution in [2.75, 3.05) is 12.3 Å². The van der Waals surface area contributed by atoms with E-state index in [1.54, 1.807) is 6.92 Å². The number of para-hydroxylation sites is 1. The van der Waals surface area contributed by atoms with Gasteiger partial charge >= 0.3 is 0 Å². The lowest BCUT2D eigenvalue weighted by Gasteiger charge is -2.09. The van der Waals surface area contributed by atoms with Crippen LogP contribution in [0.4, 0.5) is 5.69 Å². The number of benzene rings is 4. The molecule has 38 heavy (non-hydrogen) atoms. The zero-order chi connectivity index (χ0) is 27.4. The van der Waals surface area contributed by atoms with E-state index in [0.717, 1.165) is 24.9 Å². The van der Waals surface area contributed by atoms with Gasteiger partial charge in [-0.3, -0.25) is 4.79 Å². The molecule has 2 N–H and O–H groups in total. The maximum Gasteiger partial charge on any atom is 0.234 e. The van der Waals surface area contributed by atoms with Gasteiger partial charge in [-0.25, -0.2) is 9.79 Å². The standard InChI is InChI=1S/C18H20O.C13H13N.C3H5NO/c1-2-8-18(19)14-17-12-7-6-11-16(17)13-15-9-4-3-5-10-15;14-13-9-5-4-8-12(13)10-11-6-2-1-3-7-11;1-2-4-3-5/h3-7,9-12H,2,8,13-14H2,1H3;1-9H,10,14H2;2H2,1H3. The number of hydrogen-bond donors (Lipinski definition) is 1. The number of anilines is 1. The molecule has 4 aromatic rings. The number of carbonyl (C=O) groups is 1. The molecule has 0 saturated heterocycles. The number of nitrogens with two attached hydrogens (primary N) is 1. The molecule has 0 bridgehead atoms. The molecule has 0 unspecified atom stereocenters. The molecule has 196 valence electrons. The second kappa shape index (κ2) is 18.0. The van der Waals surface area contributed by atoms with Crippen molar-refractivity contribution in [1.29, 1.82) is 0 Å². The molecule has 4 rings (SSSR count). The average Bonchev–Trinajstić information content (AvgIpc) is 2.94. The molecule has 0 aliphatic heterocycles. The van der Waals surface area contributed by atoms with Crippen LogP contribution in [-0.2, 0) is 28.9 Å². The zero-order valence-electron chi connectivity index (χ0n) is 22.5. The first-order chi connectivity index (χ1) is 18.6. The monoisotopic (exact) mass is 506 g/mol. The van der Waals surface area contributed by atoms with Gasteiger partial charge in [0.05, 0.1) is 0 Å². The minimum atomic E-state index is 0.336. The normalized spacial score (nSPS) is 9.63. The van der Waals surface area contributed by atoms with Gasteiger partial charge in [-0.05, 0) is 60.1 Å². The number of carbonyl (C=O) groups excluding carboxylic acids is 2. The molecular weight excluding hydrogens is 468 g/mol. The number of ketones is 1. The number of aliphatic imine (C=N–C) groups is 1. The van der Waals surface area contributed by atoms with Crippen LogP contribution in [0.5, 0.6) is 0 Å². The van der Waals surface area contributed by atoms with Crippen molar-refractivity contribution in [3.05, 3.63) is 137 Å². The van der Waals surface area contributed by atoms with Crippen LogP contribution in [0.2, 0.25) is 0 Å². The van der Waals surface area contributed by atoms with E-state index in [0.29, 0.717) is 25.2 Å². The molecule has 0 aliphatic rings. The summed E-state index contributed by atoms with van der Waals surface area (Å²) in [5.41, 5.74) is 13.0. The third-order valence-corrected chi connectivity index (χ3v) is 5.79. The molecule has 0 aliphatic carbocycles. The van der Waals surface area contributed by atoms with Crippen molar-refractivity contribution in [1.82, 2.24) is 0 Å². The Hall–Kier alpha value is -4.27. The minimum absolute atomic E-state index is 0.336. The minimum Gasteiger partial charge on any atom is -0.398 e. The fourth-order valence-corrected chi connectivity index (χ4v) is 3.87. The quantitative estimate of drug-likeness (QED) is 0.146. The Morgan fingerprint density at radius 2 is 1.16 bits per heavy atom. The lowest BCUT2D eigenvalue weighted by atomic mass is 9.96. The Morgan fingerprint density at radius 1 is 0.684 bits per heavy atom. The fraction of sp³-hybridized carbons (Fsp3) is 0.235. The van der Waals surface area contributed by atoms with Gasteiger partial charge in [0.2, 0.25) is 6.08 Å². The highest BCUT2D eigenvalue weighted by Gasteiger charge is 2.07. The number of rotatable bonds is 9. The zero-order valence-corrected chi connectivity index (χ0v) is 22.5. The maximum absolute atomic E-state index is 11.8. The predicted octanol–water partition coefficient (Wildman–Crippen LogP) is 7.39. The van der Waals surface area contributed by atoms with Crippen LogP contribution in [0, 0.1) is 0 Å². The molecule has 0 aromatic heterocycles. The molecule has 0 saturated carbocycles. The van der Waals surface area contributed by atoms with Crippen LogP contribution in [-0.4, -0.2) is 18.4 Å². The Labute approximate surface area is 227 Å². The first-order valence-electron chi connectivity index (χ1n) is 13.1. The molecule has 0 heterocycles. The van der Waals surface area contributed by atoms with Gasteiger partial charge < -0.3 is 5.73 Å². The van der Waals surface area contributed by atoms with Gasteiger partial charge in [-0.15, -0.1) is 0 Å². The summed E-state index contributed by atoms with van der Waals surface area (Å²) in [6.45, 7) is 4.38. The van der Waals surface area contributed by atoms with Crippen molar-refractivity contribution in [3.63, 3.8) is 0 Å². The molecule has 0 amide bonds. The van der Waals surface area contributed by atoms with E-state index in [2.05, 4.69) is 71.7 Å². The first kappa shape index (κ1) is 30.0. The van der Waals surface area contributed by atoms with Gasteiger partial charge in [0.15, 0.2) is 0 Å². The van der Waals surface area contributed by atoms with Crippen LogP contribution in [0.25, 0.3) is 0 Å². The smallest absolute Gasteiger partial charge is 0.234 e. The molecule has 4 heteroatoms. The summed E-state index contributed by atoms with van der Waals surface area (Å²) < 4.78 is 0. The van der Waals surface area contributed by atoms with Crippen LogP contribution in [0.3, 0.4) is 0 Å². The number of nitrogens with zero attached hydrogens (tertiary/aromatic N) is 1. The molecule has 0 radical (unpaired) electrons. The van der Waals surface area contributed by atoms with E-state index in [4.69, 9.17) is 10.5 Å². The van der Waals surface area contributed by atoms with Crippen molar-refractivity contribution in [2.45, 2.75) is 46.0 Å². The summed E-state index contributed by atoms with van der Waals surface area (Å²) in [7, 11) is 0.